The van der Waals surface area contributed by atoms with Gasteiger partial charge in [0.2, 0.25) is 0 Å². The standard InChI is InChI=1S/C16H23N3O2.2ClH/c17-12-14-6-7-15(21-14)16(20)19-10-8-18(9-11-19)13-4-2-1-3-5-13;;/h1-5,14-15H,6-12,17H2;2*1H/t14-,15+;;/m1../s1. The average molecular weight is 362 g/mol. The van der Waals surface area contributed by atoms with Crippen LogP contribution in [0.1, 0.15) is 12.8 Å². The summed E-state index contributed by atoms with van der Waals surface area (Å²) < 4.78 is 5.71. The summed E-state index contributed by atoms with van der Waals surface area (Å²) in [5.41, 5.74) is 6.83. The number of carbonyl (C=O) groups excluding carboxylic acids is 1. The minimum Gasteiger partial charge on any atom is -0.368 e. The highest BCUT2D eigenvalue weighted by molar-refractivity contribution is 5.85. The molecule has 0 radical (unpaired) electrons. The van der Waals surface area contributed by atoms with Gasteiger partial charge < -0.3 is 20.3 Å². The van der Waals surface area contributed by atoms with Gasteiger partial charge in [0.15, 0.2) is 0 Å². The quantitative estimate of drug-likeness (QED) is 0.889. The number of para-hydroxylation sites is 1. The molecule has 5 nitrogen and oxygen atoms in total. The Balaban J connectivity index is 0.00000132. The number of nitrogens with two attached hydrogens (primary N) is 1. The Morgan fingerprint density at radius 2 is 1.74 bits per heavy atom. The van der Waals surface area contributed by atoms with E-state index in [2.05, 4.69) is 17.0 Å². The van der Waals surface area contributed by atoms with Gasteiger partial charge in [0, 0.05) is 38.4 Å². The van der Waals surface area contributed by atoms with Gasteiger partial charge in [-0.15, -0.1) is 24.8 Å². The summed E-state index contributed by atoms with van der Waals surface area (Å²) in [7, 11) is 0. The molecule has 3 rings (SSSR count). The van der Waals surface area contributed by atoms with Crippen LogP contribution in [0.2, 0.25) is 0 Å². The maximum atomic E-state index is 12.4. The number of carbonyl (C=O) groups is 1. The minimum atomic E-state index is -0.276. The predicted molar refractivity (Wildman–Crippen MR) is 96.7 cm³/mol. The first kappa shape index (κ1) is 20.0. The lowest BCUT2D eigenvalue weighted by Crippen LogP contribution is -2.51. The Hall–Kier alpha value is -1.01. The predicted octanol–water partition coefficient (Wildman–Crippen LogP) is 1.69. The highest BCUT2D eigenvalue weighted by atomic mass is 35.5. The highest BCUT2D eigenvalue weighted by Crippen LogP contribution is 2.22. The fourth-order valence-corrected chi connectivity index (χ4v) is 3.09. The van der Waals surface area contributed by atoms with Gasteiger partial charge in [-0.3, -0.25) is 4.79 Å². The van der Waals surface area contributed by atoms with E-state index in [0.29, 0.717) is 6.54 Å². The van der Waals surface area contributed by atoms with Gasteiger partial charge in [0.1, 0.15) is 6.10 Å². The molecule has 2 N–H and O–H groups in total. The van der Waals surface area contributed by atoms with Crippen molar-refractivity contribution in [2.45, 2.75) is 25.0 Å². The second kappa shape index (κ2) is 9.33. The van der Waals surface area contributed by atoms with Crippen molar-refractivity contribution in [2.75, 3.05) is 37.6 Å². The Morgan fingerprint density at radius 3 is 2.30 bits per heavy atom. The molecule has 0 aromatic heterocycles. The highest BCUT2D eigenvalue weighted by Gasteiger charge is 2.34. The summed E-state index contributed by atoms with van der Waals surface area (Å²) >= 11 is 0. The molecular weight excluding hydrogens is 337 g/mol. The van der Waals surface area contributed by atoms with E-state index in [1.54, 1.807) is 0 Å². The zero-order valence-corrected chi connectivity index (χ0v) is 14.7. The molecule has 1 aromatic carbocycles. The van der Waals surface area contributed by atoms with Crippen LogP contribution < -0.4 is 10.6 Å². The molecule has 0 spiro atoms. The second-order valence-electron chi connectivity index (χ2n) is 5.71. The number of ether oxygens (including phenoxy) is 1. The van der Waals surface area contributed by atoms with E-state index in [4.69, 9.17) is 10.5 Å². The number of benzene rings is 1. The first-order chi connectivity index (χ1) is 10.3. The van der Waals surface area contributed by atoms with Crippen LogP contribution in [0.4, 0.5) is 5.69 Å². The van der Waals surface area contributed by atoms with Gasteiger partial charge in [-0.1, -0.05) is 18.2 Å². The van der Waals surface area contributed by atoms with Crippen LogP contribution in [0.25, 0.3) is 0 Å². The van der Waals surface area contributed by atoms with Crippen LogP contribution in [0, 0.1) is 0 Å². The number of hydrogen-bond donors (Lipinski definition) is 1. The van der Waals surface area contributed by atoms with Gasteiger partial charge in [-0.2, -0.15) is 0 Å². The van der Waals surface area contributed by atoms with E-state index in [0.717, 1.165) is 39.0 Å². The zero-order valence-electron chi connectivity index (χ0n) is 13.1. The molecule has 1 amide bonds. The fourth-order valence-electron chi connectivity index (χ4n) is 3.09. The summed E-state index contributed by atoms with van der Waals surface area (Å²) in [6.45, 7) is 3.79. The Labute approximate surface area is 150 Å². The van der Waals surface area contributed by atoms with Gasteiger partial charge in [0.05, 0.1) is 6.10 Å². The number of nitrogens with zero attached hydrogens (tertiary/aromatic N) is 2. The van der Waals surface area contributed by atoms with Gasteiger partial charge >= 0.3 is 0 Å². The lowest BCUT2D eigenvalue weighted by molar-refractivity contribution is -0.143. The summed E-state index contributed by atoms with van der Waals surface area (Å²) in [5.74, 6) is 0.138. The van der Waals surface area contributed by atoms with Crippen molar-refractivity contribution in [3.05, 3.63) is 30.3 Å². The third-order valence-electron chi connectivity index (χ3n) is 4.36. The molecule has 130 valence electrons. The third-order valence-corrected chi connectivity index (χ3v) is 4.36. The van der Waals surface area contributed by atoms with Crippen molar-refractivity contribution in [1.82, 2.24) is 4.90 Å². The maximum absolute atomic E-state index is 12.4. The lowest BCUT2D eigenvalue weighted by atomic mass is 10.1. The topological polar surface area (TPSA) is 58.8 Å². The van der Waals surface area contributed by atoms with Crippen LogP contribution >= 0.6 is 24.8 Å². The summed E-state index contributed by atoms with van der Waals surface area (Å²) in [4.78, 5) is 16.7. The van der Waals surface area contributed by atoms with E-state index < -0.39 is 0 Å². The Bertz CT molecular complexity index is 481. The van der Waals surface area contributed by atoms with Crippen molar-refractivity contribution in [3.8, 4) is 0 Å². The normalized spacial score (nSPS) is 23.9. The monoisotopic (exact) mass is 361 g/mol. The maximum Gasteiger partial charge on any atom is 0.251 e. The average Bonchev–Trinajstić information content (AvgIpc) is 3.04. The first-order valence-electron chi connectivity index (χ1n) is 7.72. The molecule has 0 saturated carbocycles. The molecule has 0 unspecified atom stereocenters. The van der Waals surface area contributed by atoms with E-state index in [1.807, 2.05) is 23.1 Å². The Kier molecular flexibility index (Phi) is 8.12. The van der Waals surface area contributed by atoms with Gasteiger partial charge in [-0.05, 0) is 25.0 Å². The molecule has 2 fully saturated rings. The SMILES string of the molecule is Cl.Cl.NC[C@H]1CC[C@@H](C(=O)N2CCN(c3ccccc3)CC2)O1. The van der Waals surface area contributed by atoms with Gasteiger partial charge in [-0.25, -0.2) is 0 Å². The first-order valence-corrected chi connectivity index (χ1v) is 7.72. The van der Waals surface area contributed by atoms with E-state index >= 15 is 0 Å². The molecule has 2 aliphatic heterocycles. The van der Waals surface area contributed by atoms with Crippen LogP contribution in [0.5, 0.6) is 0 Å². The number of anilines is 1. The van der Waals surface area contributed by atoms with Crippen LogP contribution in [-0.2, 0) is 9.53 Å². The molecule has 2 heterocycles. The molecule has 23 heavy (non-hydrogen) atoms. The van der Waals surface area contributed by atoms with E-state index in [-0.39, 0.29) is 42.9 Å². The molecular formula is C16H25Cl2N3O2. The number of amides is 1. The zero-order chi connectivity index (χ0) is 14.7. The van der Waals surface area contributed by atoms with Crippen molar-refractivity contribution in [1.29, 1.82) is 0 Å². The molecule has 2 atom stereocenters. The van der Waals surface area contributed by atoms with E-state index in [1.165, 1.54) is 5.69 Å². The van der Waals surface area contributed by atoms with Crippen LogP contribution in [0.3, 0.4) is 0 Å². The molecule has 2 aliphatic rings. The number of halogens is 2. The summed E-state index contributed by atoms with van der Waals surface area (Å²) in [6, 6.07) is 10.3. The minimum absolute atomic E-state index is 0. The Morgan fingerprint density at radius 1 is 1.09 bits per heavy atom. The fraction of sp³-hybridized carbons (Fsp3) is 0.562. The molecule has 1 aromatic rings. The molecule has 0 aliphatic carbocycles. The second-order valence-corrected chi connectivity index (χ2v) is 5.71. The number of rotatable bonds is 3. The molecule has 7 heteroatoms. The van der Waals surface area contributed by atoms with Crippen molar-refractivity contribution in [2.24, 2.45) is 5.73 Å². The number of piperazine rings is 1. The summed E-state index contributed by atoms with van der Waals surface area (Å²) in [5, 5.41) is 0. The molecule has 0 bridgehead atoms. The van der Waals surface area contributed by atoms with E-state index in [9.17, 15) is 4.79 Å². The van der Waals surface area contributed by atoms with Crippen molar-refractivity contribution < 1.29 is 9.53 Å². The molecule has 2 saturated heterocycles. The number of hydrogen-bond acceptors (Lipinski definition) is 4. The van der Waals surface area contributed by atoms with Crippen LogP contribution in [0.15, 0.2) is 30.3 Å². The summed E-state index contributed by atoms with van der Waals surface area (Å²) in [6.07, 6.45) is 1.49. The van der Waals surface area contributed by atoms with Gasteiger partial charge in [0.25, 0.3) is 5.91 Å². The largest absolute Gasteiger partial charge is 0.368 e. The smallest absolute Gasteiger partial charge is 0.251 e. The van der Waals surface area contributed by atoms with Crippen LogP contribution in [-0.4, -0.2) is 55.7 Å². The van der Waals surface area contributed by atoms with Crippen molar-refractivity contribution in [3.63, 3.8) is 0 Å². The van der Waals surface area contributed by atoms with Crippen molar-refractivity contribution >= 4 is 36.4 Å². The lowest BCUT2D eigenvalue weighted by Gasteiger charge is -2.37. The third kappa shape index (κ3) is 4.73.